The van der Waals surface area contributed by atoms with Crippen molar-refractivity contribution in [1.82, 2.24) is 4.90 Å². The van der Waals surface area contributed by atoms with Gasteiger partial charge in [-0.3, -0.25) is 14.5 Å². The Labute approximate surface area is 183 Å². The molecule has 0 aromatic heterocycles. The van der Waals surface area contributed by atoms with Crippen molar-refractivity contribution in [2.45, 2.75) is 30.6 Å². The highest BCUT2D eigenvalue weighted by Gasteiger charge is 2.64. The molecule has 0 bridgehead atoms. The van der Waals surface area contributed by atoms with Crippen molar-refractivity contribution in [3.8, 4) is 5.75 Å². The SMILES string of the molecule is CN(C)C1C(O)=C(C(N)=O)C(=N)[C@@]2(O)C(O)=C3C(=O)c4c(O)cccc4[C@@](C)(O)[C@H]3C[C@@H]12. The van der Waals surface area contributed by atoms with Gasteiger partial charge in [0.1, 0.15) is 22.8 Å². The number of likely N-dealkylation sites (N-methyl/N-ethyl adjacent to an activating group) is 1. The summed E-state index contributed by atoms with van der Waals surface area (Å²) in [7, 11) is 3.14. The molecule has 32 heavy (non-hydrogen) atoms. The molecule has 10 nitrogen and oxygen atoms in total. The topological polar surface area (TPSA) is 188 Å². The number of Topliss-reactive ketones (excluding diaryl/α,β-unsaturated/α-hetero) is 1. The maximum absolute atomic E-state index is 13.4. The van der Waals surface area contributed by atoms with E-state index in [4.69, 9.17) is 11.1 Å². The average molecular weight is 443 g/mol. The monoisotopic (exact) mass is 443 g/mol. The third-order valence-electron chi connectivity index (χ3n) is 7.08. The highest BCUT2D eigenvalue weighted by atomic mass is 16.3. The van der Waals surface area contributed by atoms with Crippen LogP contribution in [0.3, 0.4) is 0 Å². The number of carbonyl (C=O) groups is 2. The Morgan fingerprint density at radius 3 is 2.41 bits per heavy atom. The van der Waals surface area contributed by atoms with Crippen LogP contribution in [0.5, 0.6) is 5.75 Å². The molecule has 8 N–H and O–H groups in total. The second-order valence-corrected chi connectivity index (χ2v) is 9.01. The molecule has 0 spiro atoms. The molecule has 1 amide bonds. The molecule has 0 saturated heterocycles. The molecule has 0 aliphatic heterocycles. The largest absolute Gasteiger partial charge is 0.510 e. The number of nitrogens with zero attached hydrogens (tertiary/aromatic N) is 1. The van der Waals surface area contributed by atoms with E-state index in [0.29, 0.717) is 0 Å². The molecule has 1 aromatic rings. The van der Waals surface area contributed by atoms with Crippen LogP contribution in [0, 0.1) is 17.2 Å². The van der Waals surface area contributed by atoms with Crippen molar-refractivity contribution in [2.24, 2.45) is 17.6 Å². The molecule has 0 fully saturated rings. The maximum Gasteiger partial charge on any atom is 0.254 e. The van der Waals surface area contributed by atoms with Gasteiger partial charge < -0.3 is 36.7 Å². The lowest BCUT2D eigenvalue weighted by molar-refractivity contribution is -0.115. The summed E-state index contributed by atoms with van der Waals surface area (Å²) >= 11 is 0. The summed E-state index contributed by atoms with van der Waals surface area (Å²) < 4.78 is 0. The number of hydrogen-bond donors (Lipinski definition) is 7. The number of carbonyl (C=O) groups excluding carboxylic acids is 2. The number of phenols is 1. The van der Waals surface area contributed by atoms with Crippen molar-refractivity contribution >= 4 is 17.4 Å². The summed E-state index contributed by atoms with van der Waals surface area (Å²) in [6, 6.07) is 3.20. The van der Waals surface area contributed by atoms with Crippen LogP contribution in [0.1, 0.15) is 29.3 Å². The normalized spacial score (nSPS) is 34.4. The number of fused-ring (bicyclic) bond motifs is 3. The fourth-order valence-electron chi connectivity index (χ4n) is 5.56. The Bertz CT molecular complexity index is 1150. The molecule has 0 heterocycles. The number of hydrogen-bond acceptors (Lipinski definition) is 9. The summed E-state index contributed by atoms with van der Waals surface area (Å²) in [4.78, 5) is 26.9. The molecule has 1 unspecified atom stereocenters. The van der Waals surface area contributed by atoms with Crippen LogP contribution in [-0.2, 0) is 10.4 Å². The molecule has 170 valence electrons. The number of aliphatic hydroxyl groups is 4. The number of rotatable bonds is 2. The van der Waals surface area contributed by atoms with Crippen LogP contribution >= 0.6 is 0 Å². The summed E-state index contributed by atoms with van der Waals surface area (Å²) in [6.45, 7) is 1.43. The number of aromatic hydroxyl groups is 1. The van der Waals surface area contributed by atoms with Crippen LogP contribution in [0.4, 0.5) is 0 Å². The van der Waals surface area contributed by atoms with E-state index >= 15 is 0 Å². The fraction of sp³-hybridized carbons (Fsp3) is 0.409. The van der Waals surface area contributed by atoms with Gasteiger partial charge in [-0.2, -0.15) is 0 Å². The van der Waals surface area contributed by atoms with Gasteiger partial charge in [0.2, 0.25) is 0 Å². The second-order valence-electron chi connectivity index (χ2n) is 9.01. The van der Waals surface area contributed by atoms with E-state index in [1.807, 2.05) is 0 Å². The van der Waals surface area contributed by atoms with Crippen LogP contribution in [0.25, 0.3) is 0 Å². The van der Waals surface area contributed by atoms with E-state index in [-0.39, 0.29) is 23.1 Å². The standard InChI is InChI=1S/C22H25N3O7/c1-21(31)8-5-4-6-11(26)12(8)16(27)13-9(21)7-10-15(25(2)3)17(28)14(20(24)30)18(23)22(10,32)19(13)29/h4-6,9-10,15,23,26,28-29,31-32H,7H2,1-3H3,(H2,24,30)/t9-,10-,15?,21+,22+/m0/s1. The van der Waals surface area contributed by atoms with Gasteiger partial charge in [-0.05, 0) is 39.1 Å². The van der Waals surface area contributed by atoms with Gasteiger partial charge in [0.25, 0.3) is 5.91 Å². The molecule has 3 aliphatic carbocycles. The van der Waals surface area contributed by atoms with Crippen molar-refractivity contribution in [2.75, 3.05) is 14.1 Å². The molecule has 10 heteroatoms. The lowest BCUT2D eigenvalue weighted by Gasteiger charge is -2.53. The zero-order valence-corrected chi connectivity index (χ0v) is 17.7. The Hall–Kier alpha value is -3.21. The first-order valence-electron chi connectivity index (χ1n) is 10.0. The molecule has 0 radical (unpaired) electrons. The highest BCUT2D eigenvalue weighted by molar-refractivity contribution is 6.26. The number of aliphatic hydroxyl groups excluding tert-OH is 2. The van der Waals surface area contributed by atoms with Crippen molar-refractivity contribution in [1.29, 1.82) is 5.41 Å². The number of nitrogens with two attached hydrogens (primary N) is 1. The van der Waals surface area contributed by atoms with Crippen LogP contribution in [0.2, 0.25) is 0 Å². The summed E-state index contributed by atoms with van der Waals surface area (Å²) in [5.74, 6) is -5.92. The van der Waals surface area contributed by atoms with Crippen LogP contribution in [-0.4, -0.2) is 73.6 Å². The van der Waals surface area contributed by atoms with Crippen molar-refractivity contribution in [3.63, 3.8) is 0 Å². The number of primary amides is 1. The Morgan fingerprint density at radius 2 is 1.84 bits per heavy atom. The predicted molar refractivity (Wildman–Crippen MR) is 112 cm³/mol. The van der Waals surface area contributed by atoms with E-state index in [1.165, 1.54) is 30.0 Å². The van der Waals surface area contributed by atoms with Gasteiger partial charge in [-0.25, -0.2) is 0 Å². The molecule has 0 saturated carbocycles. The summed E-state index contributed by atoms with van der Waals surface area (Å²) in [5.41, 5.74) is -0.766. The van der Waals surface area contributed by atoms with Gasteiger partial charge in [-0.1, -0.05) is 12.1 Å². The molecule has 1 aromatic carbocycles. The van der Waals surface area contributed by atoms with E-state index in [9.17, 15) is 35.1 Å². The first-order valence-corrected chi connectivity index (χ1v) is 10.0. The first kappa shape index (κ1) is 22.0. The Morgan fingerprint density at radius 1 is 1.22 bits per heavy atom. The fourth-order valence-corrected chi connectivity index (χ4v) is 5.56. The van der Waals surface area contributed by atoms with E-state index < -0.39 is 69.3 Å². The number of nitrogens with one attached hydrogen (secondary N) is 1. The molecular weight excluding hydrogens is 418 g/mol. The lowest BCUT2D eigenvalue weighted by atomic mass is 9.55. The van der Waals surface area contributed by atoms with Crippen LogP contribution < -0.4 is 5.73 Å². The summed E-state index contributed by atoms with van der Waals surface area (Å²) in [5, 5.41) is 63.8. The van der Waals surface area contributed by atoms with E-state index in [0.717, 1.165) is 0 Å². The van der Waals surface area contributed by atoms with Gasteiger partial charge in [-0.15, -0.1) is 0 Å². The molecule has 4 rings (SSSR count). The van der Waals surface area contributed by atoms with Gasteiger partial charge in [0.15, 0.2) is 11.4 Å². The molecule has 5 atom stereocenters. The third-order valence-corrected chi connectivity index (χ3v) is 7.08. The zero-order valence-electron chi connectivity index (χ0n) is 17.7. The number of amides is 1. The van der Waals surface area contributed by atoms with Gasteiger partial charge in [0, 0.05) is 17.4 Å². The van der Waals surface area contributed by atoms with Crippen molar-refractivity contribution < 1.29 is 35.1 Å². The van der Waals surface area contributed by atoms with E-state index in [1.54, 1.807) is 14.1 Å². The van der Waals surface area contributed by atoms with Gasteiger partial charge in [0.05, 0.1) is 22.9 Å². The molecule has 3 aliphatic rings. The van der Waals surface area contributed by atoms with Crippen LogP contribution in [0.15, 0.2) is 40.9 Å². The van der Waals surface area contributed by atoms with Crippen molar-refractivity contribution in [3.05, 3.63) is 52.0 Å². The zero-order chi connectivity index (χ0) is 23.9. The average Bonchev–Trinajstić information content (AvgIpc) is 2.68. The van der Waals surface area contributed by atoms with E-state index in [2.05, 4.69) is 0 Å². The minimum absolute atomic E-state index is 0.120. The lowest BCUT2D eigenvalue weighted by Crippen LogP contribution is -2.64. The number of phenolic OH excluding ortho intramolecular Hbond substituents is 1. The third kappa shape index (κ3) is 2.48. The predicted octanol–water partition coefficient (Wildman–Crippen LogP) is 0.236. The molecular formula is C22H25N3O7. The first-order chi connectivity index (χ1) is 14.8. The minimum atomic E-state index is -2.52. The number of ketones is 1. The maximum atomic E-state index is 13.4. The highest BCUT2D eigenvalue weighted by Crippen LogP contribution is 2.56. The van der Waals surface area contributed by atoms with Gasteiger partial charge >= 0.3 is 0 Å². The Balaban J connectivity index is 2.05. The summed E-state index contributed by atoms with van der Waals surface area (Å²) in [6.07, 6.45) is -0.120. The smallest absolute Gasteiger partial charge is 0.254 e. The number of benzene rings is 1. The minimum Gasteiger partial charge on any atom is -0.510 e. The second kappa shape index (κ2) is 6.64. The Kier molecular flexibility index (Phi) is 4.57. The quantitative estimate of drug-likeness (QED) is 0.338.